The van der Waals surface area contributed by atoms with Gasteiger partial charge in [0.05, 0.1) is 0 Å². The second-order valence-corrected chi connectivity index (χ2v) is 5.06. The van der Waals surface area contributed by atoms with Crippen molar-refractivity contribution in [3.8, 4) is 0 Å². The molecule has 1 aromatic heterocycles. The first-order chi connectivity index (χ1) is 10.1. The van der Waals surface area contributed by atoms with Crippen LogP contribution in [0.3, 0.4) is 0 Å². The molecule has 0 saturated heterocycles. The molecule has 2 amide bonds. The lowest BCUT2D eigenvalue weighted by atomic mass is 10.2. The summed E-state index contributed by atoms with van der Waals surface area (Å²) >= 11 is 11.3. The van der Waals surface area contributed by atoms with Crippen molar-refractivity contribution in [2.45, 2.75) is 0 Å². The minimum atomic E-state index is -0.408. The third kappa shape index (κ3) is 4.12. The Morgan fingerprint density at radius 2 is 1.86 bits per heavy atom. The summed E-state index contributed by atoms with van der Waals surface area (Å²) in [5.74, 6) is 0.681. The molecule has 0 radical (unpaired) electrons. The van der Waals surface area contributed by atoms with Gasteiger partial charge in [0, 0.05) is 42.0 Å². The number of urea groups is 1. The molecule has 5 nitrogen and oxygen atoms in total. The smallest absolute Gasteiger partial charge is 0.336 e. The molecule has 2 aromatic rings. The molecule has 1 aromatic carbocycles. The second kappa shape index (κ2) is 7.33. The number of benzene rings is 1. The number of fused-ring (bicyclic) bond motifs is 1. The quantitative estimate of drug-likeness (QED) is 0.677. The van der Waals surface area contributed by atoms with Crippen LogP contribution in [0.25, 0.3) is 11.0 Å². The summed E-state index contributed by atoms with van der Waals surface area (Å²) in [6.07, 6.45) is 0. The number of nitrogens with zero attached hydrogens (tertiary/aromatic N) is 1. The van der Waals surface area contributed by atoms with Gasteiger partial charge in [0.15, 0.2) is 0 Å². The number of rotatable bonds is 5. The van der Waals surface area contributed by atoms with Crippen molar-refractivity contribution >= 4 is 45.9 Å². The lowest BCUT2D eigenvalue weighted by Crippen LogP contribution is -2.37. The zero-order valence-corrected chi connectivity index (χ0v) is 12.7. The molecule has 112 valence electrons. The van der Waals surface area contributed by atoms with E-state index in [1.807, 2.05) is 0 Å². The Hall–Kier alpha value is -1.72. The van der Waals surface area contributed by atoms with Gasteiger partial charge in [0.1, 0.15) is 5.58 Å². The van der Waals surface area contributed by atoms with E-state index in [2.05, 4.69) is 5.32 Å². The van der Waals surface area contributed by atoms with E-state index < -0.39 is 5.63 Å². The molecule has 0 bridgehead atoms. The van der Waals surface area contributed by atoms with Crippen LogP contribution >= 0.6 is 23.2 Å². The number of amides is 2. The molecule has 2 rings (SSSR count). The number of anilines is 1. The van der Waals surface area contributed by atoms with E-state index in [1.165, 1.54) is 11.0 Å². The third-order valence-corrected chi connectivity index (χ3v) is 3.20. The van der Waals surface area contributed by atoms with E-state index in [0.29, 0.717) is 36.1 Å². The van der Waals surface area contributed by atoms with Crippen molar-refractivity contribution in [2.75, 3.05) is 30.2 Å². The van der Waals surface area contributed by atoms with Crippen molar-refractivity contribution in [1.29, 1.82) is 0 Å². The van der Waals surface area contributed by atoms with Crippen LogP contribution in [0.5, 0.6) is 0 Å². The average molecular weight is 329 g/mol. The zero-order valence-electron chi connectivity index (χ0n) is 11.1. The summed E-state index contributed by atoms with van der Waals surface area (Å²) in [5.41, 5.74) is 0.670. The maximum Gasteiger partial charge on any atom is 0.336 e. The standard InChI is InChI=1S/C14H14Cl2N2O3/c15-5-7-18(8-6-16)14(20)17-11-2-3-12-10(9-11)1-4-13(19)21-12/h1-4,9H,5-8H2,(H,17,20). The molecule has 0 aliphatic rings. The minimum Gasteiger partial charge on any atom is -0.423 e. The average Bonchev–Trinajstić information content (AvgIpc) is 2.47. The Kier molecular flexibility index (Phi) is 5.47. The number of carbonyl (C=O) groups is 1. The molecule has 0 fully saturated rings. The van der Waals surface area contributed by atoms with E-state index in [9.17, 15) is 9.59 Å². The van der Waals surface area contributed by atoms with E-state index in [1.54, 1.807) is 24.3 Å². The molecule has 0 aliphatic carbocycles. The highest BCUT2D eigenvalue weighted by molar-refractivity contribution is 6.18. The van der Waals surface area contributed by atoms with Gasteiger partial charge in [-0.05, 0) is 24.3 Å². The van der Waals surface area contributed by atoms with Gasteiger partial charge in [-0.1, -0.05) is 0 Å². The number of hydrogen-bond acceptors (Lipinski definition) is 3. The molecule has 21 heavy (non-hydrogen) atoms. The summed E-state index contributed by atoms with van der Waals surface area (Å²) in [6, 6.07) is 7.75. The van der Waals surface area contributed by atoms with E-state index in [0.717, 1.165) is 5.39 Å². The number of hydrogen-bond donors (Lipinski definition) is 1. The van der Waals surface area contributed by atoms with Crippen molar-refractivity contribution in [2.24, 2.45) is 0 Å². The predicted octanol–water partition coefficient (Wildman–Crippen LogP) is 3.10. The topological polar surface area (TPSA) is 62.6 Å². The van der Waals surface area contributed by atoms with Gasteiger partial charge in [-0.2, -0.15) is 0 Å². The summed E-state index contributed by atoms with van der Waals surface area (Å²) in [5, 5.41) is 3.50. The minimum absolute atomic E-state index is 0.270. The van der Waals surface area contributed by atoms with Gasteiger partial charge < -0.3 is 14.6 Å². The van der Waals surface area contributed by atoms with Gasteiger partial charge >= 0.3 is 11.7 Å². The molecule has 1 heterocycles. The number of halogens is 2. The molecule has 1 N–H and O–H groups in total. The predicted molar refractivity (Wildman–Crippen MR) is 84.5 cm³/mol. The molecule has 7 heteroatoms. The van der Waals surface area contributed by atoms with Gasteiger partial charge in [0.2, 0.25) is 0 Å². The van der Waals surface area contributed by atoms with Crippen LogP contribution < -0.4 is 10.9 Å². The second-order valence-electron chi connectivity index (χ2n) is 4.30. The van der Waals surface area contributed by atoms with Crippen LogP contribution in [-0.2, 0) is 0 Å². The Balaban J connectivity index is 2.16. The van der Waals surface area contributed by atoms with Gasteiger partial charge in [-0.25, -0.2) is 9.59 Å². The summed E-state index contributed by atoms with van der Waals surface area (Å²) in [4.78, 5) is 24.8. The highest BCUT2D eigenvalue weighted by Gasteiger charge is 2.12. The van der Waals surface area contributed by atoms with Gasteiger partial charge in [0.25, 0.3) is 0 Å². The van der Waals surface area contributed by atoms with Crippen LogP contribution in [0.2, 0.25) is 0 Å². The van der Waals surface area contributed by atoms with Crippen molar-refractivity contribution < 1.29 is 9.21 Å². The van der Waals surface area contributed by atoms with Crippen LogP contribution in [0.4, 0.5) is 10.5 Å². The highest BCUT2D eigenvalue weighted by atomic mass is 35.5. The largest absolute Gasteiger partial charge is 0.423 e. The molecule has 0 aliphatic heterocycles. The summed E-state index contributed by atoms with van der Waals surface area (Å²) < 4.78 is 5.03. The molecule has 0 atom stereocenters. The molecule has 0 unspecified atom stereocenters. The SMILES string of the molecule is O=C(Nc1ccc2oc(=O)ccc2c1)N(CCCl)CCCl. The molecule has 0 spiro atoms. The molecule has 0 saturated carbocycles. The maximum absolute atomic E-state index is 12.1. The molecular weight excluding hydrogens is 315 g/mol. The first-order valence-corrected chi connectivity index (χ1v) is 7.42. The van der Waals surface area contributed by atoms with E-state index in [-0.39, 0.29) is 6.03 Å². The van der Waals surface area contributed by atoms with Crippen molar-refractivity contribution in [1.82, 2.24) is 4.90 Å². The fourth-order valence-corrected chi connectivity index (χ4v) is 2.28. The Morgan fingerprint density at radius 3 is 2.52 bits per heavy atom. The van der Waals surface area contributed by atoms with Crippen LogP contribution in [0.15, 0.2) is 39.5 Å². The third-order valence-electron chi connectivity index (χ3n) is 2.87. The van der Waals surface area contributed by atoms with Crippen LogP contribution in [0, 0.1) is 0 Å². The maximum atomic E-state index is 12.1. The lowest BCUT2D eigenvalue weighted by Gasteiger charge is -2.21. The highest BCUT2D eigenvalue weighted by Crippen LogP contribution is 2.18. The Bertz CT molecular complexity index is 681. The van der Waals surface area contributed by atoms with Crippen LogP contribution in [0.1, 0.15) is 0 Å². The Morgan fingerprint density at radius 1 is 1.14 bits per heavy atom. The Labute approximate surface area is 131 Å². The fourth-order valence-electron chi connectivity index (χ4n) is 1.87. The van der Waals surface area contributed by atoms with Gasteiger partial charge in [-0.3, -0.25) is 0 Å². The monoisotopic (exact) mass is 328 g/mol. The van der Waals surface area contributed by atoms with Gasteiger partial charge in [-0.15, -0.1) is 23.2 Å². The number of alkyl halides is 2. The first kappa shape index (κ1) is 15.7. The summed E-state index contributed by atoms with van der Waals surface area (Å²) in [6.45, 7) is 0.838. The van der Waals surface area contributed by atoms with Crippen molar-refractivity contribution in [3.05, 3.63) is 40.8 Å². The normalized spacial score (nSPS) is 10.6. The van der Waals surface area contributed by atoms with Crippen molar-refractivity contribution in [3.63, 3.8) is 0 Å². The molecular formula is C14H14Cl2N2O3. The van der Waals surface area contributed by atoms with E-state index >= 15 is 0 Å². The van der Waals surface area contributed by atoms with E-state index in [4.69, 9.17) is 27.6 Å². The van der Waals surface area contributed by atoms with Crippen LogP contribution in [-0.4, -0.2) is 35.8 Å². The summed E-state index contributed by atoms with van der Waals surface area (Å²) in [7, 11) is 0. The fraction of sp³-hybridized carbons (Fsp3) is 0.286. The first-order valence-electron chi connectivity index (χ1n) is 6.36. The zero-order chi connectivity index (χ0) is 15.2. The number of carbonyl (C=O) groups excluding carboxylic acids is 1. The lowest BCUT2D eigenvalue weighted by molar-refractivity contribution is 0.218. The number of nitrogens with one attached hydrogen (secondary N) is 1.